The minimum absolute atomic E-state index is 0.167. The fourth-order valence-corrected chi connectivity index (χ4v) is 2.33. The number of carbonyl (C=O) groups excluding carboxylic acids is 1. The van der Waals surface area contributed by atoms with E-state index >= 15 is 0 Å². The molecule has 0 heterocycles. The number of aliphatic hydroxyl groups is 1. The highest BCUT2D eigenvalue weighted by Crippen LogP contribution is 2.26. The molecular weight excluding hydrogens is 298 g/mol. The molecule has 3 N–H and O–H groups in total. The van der Waals surface area contributed by atoms with E-state index in [4.69, 9.17) is 0 Å². The molecule has 7 heteroatoms. The van der Waals surface area contributed by atoms with Crippen molar-refractivity contribution in [1.82, 2.24) is 5.32 Å². The van der Waals surface area contributed by atoms with Crippen LogP contribution in [0.2, 0.25) is 0 Å². The van der Waals surface area contributed by atoms with Crippen LogP contribution in [0.1, 0.15) is 20.3 Å². The van der Waals surface area contributed by atoms with Crippen molar-refractivity contribution in [3.63, 3.8) is 0 Å². The molecule has 0 unspecified atom stereocenters. The first kappa shape index (κ1) is 17.7. The van der Waals surface area contributed by atoms with E-state index in [9.17, 15) is 18.7 Å². The number of amides is 2. The number of anilines is 1. The Hall–Kier alpha value is -1.34. The zero-order chi connectivity index (χ0) is 15.8. The van der Waals surface area contributed by atoms with Crippen LogP contribution in [-0.2, 0) is 0 Å². The van der Waals surface area contributed by atoms with Gasteiger partial charge in [0.25, 0.3) is 5.76 Å². The molecule has 2 amide bonds. The molecule has 0 saturated carbocycles. The first-order valence-corrected chi connectivity index (χ1v) is 7.52. The number of aliphatic hydroxyl groups excluding tert-OH is 1. The van der Waals surface area contributed by atoms with Gasteiger partial charge in [-0.2, -0.15) is 8.78 Å². The molecule has 0 aliphatic heterocycles. The summed E-state index contributed by atoms with van der Waals surface area (Å²) >= 11 is 0.460. The van der Waals surface area contributed by atoms with Gasteiger partial charge in [-0.3, -0.25) is 0 Å². The molecule has 21 heavy (non-hydrogen) atoms. The van der Waals surface area contributed by atoms with Crippen LogP contribution in [0, 0.1) is 5.92 Å². The number of alkyl halides is 2. The predicted molar refractivity (Wildman–Crippen MR) is 80.8 cm³/mol. The molecule has 4 nitrogen and oxygen atoms in total. The van der Waals surface area contributed by atoms with Crippen molar-refractivity contribution in [2.75, 3.05) is 11.9 Å². The highest BCUT2D eigenvalue weighted by molar-refractivity contribution is 7.99. The average molecular weight is 318 g/mol. The van der Waals surface area contributed by atoms with E-state index in [0.29, 0.717) is 35.3 Å². The van der Waals surface area contributed by atoms with Crippen LogP contribution < -0.4 is 10.6 Å². The summed E-state index contributed by atoms with van der Waals surface area (Å²) in [7, 11) is 0. The Morgan fingerprint density at radius 3 is 2.43 bits per heavy atom. The molecule has 0 spiro atoms. The maximum Gasteiger partial charge on any atom is 0.319 e. The first-order valence-electron chi connectivity index (χ1n) is 6.64. The Bertz CT molecular complexity index is 441. The lowest BCUT2D eigenvalue weighted by molar-refractivity contribution is 0.163. The fourth-order valence-electron chi connectivity index (χ4n) is 1.83. The van der Waals surface area contributed by atoms with Gasteiger partial charge < -0.3 is 15.7 Å². The third-order valence-electron chi connectivity index (χ3n) is 2.69. The first-order chi connectivity index (χ1) is 9.86. The maximum atomic E-state index is 12.2. The normalized spacial score (nSPS) is 13.8. The van der Waals surface area contributed by atoms with Crippen molar-refractivity contribution in [2.24, 2.45) is 5.92 Å². The van der Waals surface area contributed by atoms with E-state index in [0.717, 1.165) is 0 Å². The quantitative estimate of drug-likeness (QED) is 0.674. The van der Waals surface area contributed by atoms with Gasteiger partial charge >= 0.3 is 6.03 Å². The van der Waals surface area contributed by atoms with Gasteiger partial charge in [-0.05, 0) is 43.5 Å². The van der Waals surface area contributed by atoms with Gasteiger partial charge in [0.15, 0.2) is 0 Å². The molecule has 2 atom stereocenters. The molecule has 0 saturated heterocycles. The zero-order valence-corrected chi connectivity index (χ0v) is 12.8. The summed E-state index contributed by atoms with van der Waals surface area (Å²) in [5.74, 6) is -2.29. The summed E-state index contributed by atoms with van der Waals surface area (Å²) in [6.07, 6.45) is 0.213. The Morgan fingerprint density at radius 1 is 1.29 bits per heavy atom. The number of halogens is 2. The second-order valence-corrected chi connectivity index (χ2v) is 5.99. The highest BCUT2D eigenvalue weighted by Gasteiger charge is 2.09. The number of hydrogen-bond acceptors (Lipinski definition) is 3. The summed E-state index contributed by atoms with van der Waals surface area (Å²) < 4.78 is 24.3. The number of carbonyl (C=O) groups is 1. The summed E-state index contributed by atoms with van der Waals surface area (Å²) in [6.45, 7) is 4.09. The topological polar surface area (TPSA) is 61.4 Å². The number of urea groups is 1. The Labute approximate surface area is 127 Å². The van der Waals surface area contributed by atoms with Crippen molar-refractivity contribution >= 4 is 23.5 Å². The van der Waals surface area contributed by atoms with E-state index in [1.165, 1.54) is 12.1 Å². The van der Waals surface area contributed by atoms with Crippen LogP contribution in [0.3, 0.4) is 0 Å². The molecule has 0 aliphatic rings. The SMILES string of the molecule is C[C@@H](CNC(=O)Nc1ccc(SC(F)F)cc1)C[C@@H](C)O. The van der Waals surface area contributed by atoms with Crippen LogP contribution in [-0.4, -0.2) is 29.5 Å². The number of thioether (sulfide) groups is 1. The van der Waals surface area contributed by atoms with E-state index < -0.39 is 11.9 Å². The molecular formula is C14H20F2N2O2S. The second-order valence-electron chi connectivity index (χ2n) is 4.93. The van der Waals surface area contributed by atoms with Gasteiger partial charge in [0.05, 0.1) is 6.10 Å². The van der Waals surface area contributed by atoms with E-state index in [-0.39, 0.29) is 11.9 Å². The number of rotatable bonds is 7. The maximum absolute atomic E-state index is 12.2. The Morgan fingerprint density at radius 2 is 1.90 bits per heavy atom. The van der Waals surface area contributed by atoms with E-state index in [1.54, 1.807) is 19.1 Å². The van der Waals surface area contributed by atoms with Gasteiger partial charge in [-0.1, -0.05) is 18.7 Å². The number of nitrogens with one attached hydrogen (secondary N) is 2. The standard InChI is InChI=1S/C14H20F2N2O2S/c1-9(7-10(2)19)8-17-14(20)18-11-3-5-12(6-4-11)21-13(15)16/h3-6,9-10,13,19H,7-8H2,1-2H3,(H2,17,18,20)/t9-,10-/m1/s1. The van der Waals surface area contributed by atoms with Crippen LogP contribution >= 0.6 is 11.8 Å². The average Bonchev–Trinajstić information content (AvgIpc) is 2.37. The van der Waals surface area contributed by atoms with Crippen LogP contribution in [0.15, 0.2) is 29.2 Å². The van der Waals surface area contributed by atoms with Gasteiger partial charge in [0, 0.05) is 17.1 Å². The smallest absolute Gasteiger partial charge is 0.319 e. The molecule has 0 radical (unpaired) electrons. The molecule has 1 aromatic rings. The lowest BCUT2D eigenvalue weighted by atomic mass is 10.1. The summed E-state index contributed by atoms with van der Waals surface area (Å²) in [5.41, 5.74) is 0.536. The number of benzene rings is 1. The fraction of sp³-hybridized carbons (Fsp3) is 0.500. The second kappa shape index (κ2) is 8.84. The van der Waals surface area contributed by atoms with Crippen molar-refractivity contribution in [2.45, 2.75) is 37.0 Å². The predicted octanol–water partition coefficient (Wildman–Crippen LogP) is 3.53. The Kier molecular flexibility index (Phi) is 7.45. The van der Waals surface area contributed by atoms with Crippen molar-refractivity contribution in [3.8, 4) is 0 Å². The minimum atomic E-state index is -2.46. The highest BCUT2D eigenvalue weighted by atomic mass is 32.2. The zero-order valence-electron chi connectivity index (χ0n) is 12.0. The van der Waals surface area contributed by atoms with Gasteiger partial charge in [-0.25, -0.2) is 4.79 Å². The lowest BCUT2D eigenvalue weighted by Gasteiger charge is -2.14. The lowest BCUT2D eigenvalue weighted by Crippen LogP contribution is -2.33. The van der Waals surface area contributed by atoms with Crippen LogP contribution in [0.4, 0.5) is 19.3 Å². The Balaban J connectivity index is 2.37. The molecule has 1 rings (SSSR count). The third-order valence-corrected chi connectivity index (χ3v) is 3.41. The number of hydrogen-bond donors (Lipinski definition) is 3. The van der Waals surface area contributed by atoms with Crippen molar-refractivity contribution < 1.29 is 18.7 Å². The molecule has 0 fully saturated rings. The molecule has 0 aliphatic carbocycles. The summed E-state index contributed by atoms with van der Waals surface area (Å²) in [4.78, 5) is 12.1. The van der Waals surface area contributed by atoms with Crippen molar-refractivity contribution in [1.29, 1.82) is 0 Å². The third kappa shape index (κ3) is 7.87. The largest absolute Gasteiger partial charge is 0.393 e. The minimum Gasteiger partial charge on any atom is -0.393 e. The van der Waals surface area contributed by atoms with Gasteiger partial charge in [0.2, 0.25) is 0 Å². The van der Waals surface area contributed by atoms with E-state index in [1.807, 2.05) is 6.92 Å². The molecule has 0 aromatic heterocycles. The molecule has 1 aromatic carbocycles. The van der Waals surface area contributed by atoms with Crippen LogP contribution in [0.25, 0.3) is 0 Å². The molecule has 0 bridgehead atoms. The summed E-state index contributed by atoms with van der Waals surface area (Å²) in [5, 5.41) is 14.5. The molecule has 118 valence electrons. The monoisotopic (exact) mass is 318 g/mol. The van der Waals surface area contributed by atoms with Crippen LogP contribution in [0.5, 0.6) is 0 Å². The van der Waals surface area contributed by atoms with Gasteiger partial charge in [-0.15, -0.1) is 0 Å². The van der Waals surface area contributed by atoms with Crippen molar-refractivity contribution in [3.05, 3.63) is 24.3 Å². The van der Waals surface area contributed by atoms with E-state index in [2.05, 4.69) is 10.6 Å². The summed E-state index contributed by atoms with van der Waals surface area (Å²) in [6, 6.07) is 5.85. The van der Waals surface area contributed by atoms with Gasteiger partial charge in [0.1, 0.15) is 0 Å².